The Hall–Kier alpha value is -9.89. The summed E-state index contributed by atoms with van der Waals surface area (Å²) in [6, 6.07) is 92.1. The van der Waals surface area contributed by atoms with E-state index < -0.39 is 0 Å². The van der Waals surface area contributed by atoms with Crippen LogP contribution in [0, 0.1) is 11.3 Å². The first kappa shape index (κ1) is 40.0. The Kier molecular flexibility index (Phi) is 8.66. The van der Waals surface area contributed by atoms with Gasteiger partial charge in [0.2, 0.25) is 0 Å². The van der Waals surface area contributed by atoms with Crippen LogP contribution in [0.1, 0.15) is 5.56 Å². The standard InChI is InChI=1S/C67H41N5/c68-42-56-62(71-58-29-15-12-26-51(58)55-40-64-54(41-65(55)71)50-25-11-14-28-57(50)70(64)48-22-8-3-9-23-48)38-46(45-34-32-44(33-35-45)43-18-4-1-5-19-43)39-63(56)72-59-30-16-10-24-49(59)52-36-37-61-66(67(52)72)53-27-13-17-31-60(53)69(61)47-20-6-2-7-21-47/h1-41H. The molecular weight excluding hydrogens is 875 g/mol. The predicted octanol–water partition coefficient (Wildman–Crippen LogP) is 17.3. The van der Waals surface area contributed by atoms with E-state index in [-0.39, 0.29) is 0 Å². The molecule has 334 valence electrons. The summed E-state index contributed by atoms with van der Waals surface area (Å²) in [5, 5.41) is 21.1. The lowest BCUT2D eigenvalue weighted by Crippen LogP contribution is -2.05. The molecule has 0 fully saturated rings. The quantitative estimate of drug-likeness (QED) is 0.164. The van der Waals surface area contributed by atoms with Crippen molar-refractivity contribution >= 4 is 87.2 Å². The van der Waals surface area contributed by atoms with Gasteiger partial charge in [-0.3, -0.25) is 0 Å². The first-order valence-corrected chi connectivity index (χ1v) is 24.5. The van der Waals surface area contributed by atoms with Gasteiger partial charge in [0.15, 0.2) is 0 Å². The number of aromatic nitrogens is 4. The molecule has 11 aromatic carbocycles. The van der Waals surface area contributed by atoms with Gasteiger partial charge in [-0.15, -0.1) is 0 Å². The van der Waals surface area contributed by atoms with E-state index in [9.17, 15) is 5.26 Å². The van der Waals surface area contributed by atoms with Crippen molar-refractivity contribution in [1.29, 1.82) is 5.26 Å². The predicted molar refractivity (Wildman–Crippen MR) is 299 cm³/mol. The Labute approximate surface area is 414 Å². The van der Waals surface area contributed by atoms with E-state index in [0.29, 0.717) is 5.56 Å². The Bertz CT molecular complexity index is 4720. The van der Waals surface area contributed by atoms with E-state index in [1.807, 2.05) is 0 Å². The third-order valence-corrected chi connectivity index (χ3v) is 15.0. The average Bonchev–Trinajstić information content (AvgIpc) is 4.18. The van der Waals surface area contributed by atoms with Gasteiger partial charge in [-0.05, 0) is 101 Å². The summed E-state index contributed by atoms with van der Waals surface area (Å²) in [6.07, 6.45) is 0. The minimum absolute atomic E-state index is 0.584. The molecule has 15 aromatic rings. The topological polar surface area (TPSA) is 43.5 Å². The second-order valence-corrected chi connectivity index (χ2v) is 18.8. The van der Waals surface area contributed by atoms with Gasteiger partial charge in [0.1, 0.15) is 11.6 Å². The van der Waals surface area contributed by atoms with Gasteiger partial charge in [-0.25, -0.2) is 0 Å². The molecule has 0 spiro atoms. The van der Waals surface area contributed by atoms with Gasteiger partial charge in [0.05, 0.1) is 55.5 Å². The Morgan fingerprint density at radius 1 is 0.264 bits per heavy atom. The average molecular weight is 916 g/mol. The highest BCUT2D eigenvalue weighted by atomic mass is 15.0. The van der Waals surface area contributed by atoms with Crippen LogP contribution < -0.4 is 0 Å². The maximum atomic E-state index is 12.0. The molecule has 0 N–H and O–H groups in total. The van der Waals surface area contributed by atoms with Gasteiger partial charge in [-0.1, -0.05) is 170 Å². The molecule has 15 rings (SSSR count). The van der Waals surface area contributed by atoms with Gasteiger partial charge in [-0.2, -0.15) is 5.26 Å². The van der Waals surface area contributed by atoms with Crippen LogP contribution in [0.15, 0.2) is 249 Å². The SMILES string of the molecule is N#Cc1c(-n2c3ccccc3c3cc4c(cc32)c2ccccc2n4-c2ccccc2)cc(-c2ccc(-c3ccccc3)cc2)cc1-n1c2ccccc2c2ccc3c(c4ccccc4n3-c3ccccc3)c21. The van der Waals surface area contributed by atoms with E-state index in [4.69, 9.17) is 0 Å². The number of benzene rings is 11. The van der Waals surface area contributed by atoms with Crippen molar-refractivity contribution in [3.05, 3.63) is 254 Å². The van der Waals surface area contributed by atoms with Crippen molar-refractivity contribution in [3.8, 4) is 51.1 Å². The molecule has 4 heterocycles. The summed E-state index contributed by atoms with van der Waals surface area (Å²) >= 11 is 0. The number of para-hydroxylation sites is 6. The molecule has 0 saturated carbocycles. The number of fused-ring (bicyclic) bond motifs is 13. The zero-order valence-corrected chi connectivity index (χ0v) is 38.9. The first-order valence-electron chi connectivity index (χ1n) is 24.5. The van der Waals surface area contributed by atoms with Gasteiger partial charge < -0.3 is 18.3 Å². The molecule has 0 aliphatic heterocycles. The van der Waals surface area contributed by atoms with Crippen LogP contribution in [-0.2, 0) is 0 Å². The highest BCUT2D eigenvalue weighted by Gasteiger charge is 2.26. The monoisotopic (exact) mass is 915 g/mol. The smallest absolute Gasteiger partial charge is 0.104 e. The summed E-state index contributed by atoms with van der Waals surface area (Å²) in [7, 11) is 0. The summed E-state index contributed by atoms with van der Waals surface area (Å²) in [6.45, 7) is 0. The van der Waals surface area contributed by atoms with Crippen molar-refractivity contribution < 1.29 is 0 Å². The number of nitrogens with zero attached hydrogens (tertiary/aromatic N) is 5. The fraction of sp³-hybridized carbons (Fsp3) is 0. The van der Waals surface area contributed by atoms with Crippen LogP contribution in [0.4, 0.5) is 0 Å². The van der Waals surface area contributed by atoms with Gasteiger partial charge in [0, 0.05) is 54.5 Å². The fourth-order valence-corrected chi connectivity index (χ4v) is 11.9. The molecular formula is C67H41N5. The summed E-state index contributed by atoms with van der Waals surface area (Å²) in [4.78, 5) is 0. The second kappa shape index (κ2) is 15.6. The number of hydrogen-bond acceptors (Lipinski definition) is 1. The highest BCUT2D eigenvalue weighted by Crippen LogP contribution is 2.46. The van der Waals surface area contributed by atoms with Crippen LogP contribution >= 0.6 is 0 Å². The molecule has 0 aliphatic rings. The van der Waals surface area contributed by atoms with Crippen molar-refractivity contribution in [2.45, 2.75) is 0 Å². The highest BCUT2D eigenvalue weighted by molar-refractivity contribution is 6.26. The Morgan fingerprint density at radius 2 is 0.667 bits per heavy atom. The zero-order chi connectivity index (χ0) is 47.4. The third-order valence-electron chi connectivity index (χ3n) is 15.0. The lowest BCUT2D eigenvalue weighted by Gasteiger charge is -2.19. The molecule has 0 saturated heterocycles. The van der Waals surface area contributed by atoms with Crippen molar-refractivity contribution in [2.75, 3.05) is 0 Å². The summed E-state index contributed by atoms with van der Waals surface area (Å²) < 4.78 is 9.50. The van der Waals surface area contributed by atoms with Crippen LogP contribution in [0.25, 0.3) is 132 Å². The summed E-state index contributed by atoms with van der Waals surface area (Å²) in [5.41, 5.74) is 17.5. The third kappa shape index (κ3) is 5.75. The van der Waals surface area contributed by atoms with Crippen LogP contribution in [0.5, 0.6) is 0 Å². The van der Waals surface area contributed by atoms with Crippen LogP contribution in [-0.4, -0.2) is 18.3 Å². The van der Waals surface area contributed by atoms with E-state index >= 15 is 0 Å². The Balaban J connectivity index is 1.09. The molecule has 0 atom stereocenters. The van der Waals surface area contributed by atoms with Crippen molar-refractivity contribution in [3.63, 3.8) is 0 Å². The van der Waals surface area contributed by atoms with E-state index in [1.165, 1.54) is 10.9 Å². The van der Waals surface area contributed by atoms with Crippen LogP contribution in [0.2, 0.25) is 0 Å². The number of rotatable bonds is 6. The van der Waals surface area contributed by atoms with E-state index in [0.717, 1.165) is 121 Å². The lowest BCUT2D eigenvalue weighted by atomic mass is 9.97. The van der Waals surface area contributed by atoms with Gasteiger partial charge in [0.25, 0.3) is 0 Å². The van der Waals surface area contributed by atoms with Crippen LogP contribution in [0.3, 0.4) is 0 Å². The molecule has 4 aromatic heterocycles. The van der Waals surface area contributed by atoms with Crippen molar-refractivity contribution in [1.82, 2.24) is 18.3 Å². The minimum atomic E-state index is 0.584. The van der Waals surface area contributed by atoms with E-state index in [2.05, 4.69) is 273 Å². The normalized spacial score (nSPS) is 11.9. The number of nitriles is 1. The number of hydrogen-bond donors (Lipinski definition) is 0. The minimum Gasteiger partial charge on any atom is -0.309 e. The molecule has 0 radical (unpaired) electrons. The molecule has 5 heteroatoms. The van der Waals surface area contributed by atoms with E-state index in [1.54, 1.807) is 0 Å². The van der Waals surface area contributed by atoms with Gasteiger partial charge >= 0.3 is 0 Å². The first-order chi connectivity index (χ1) is 35.7. The second-order valence-electron chi connectivity index (χ2n) is 18.8. The molecule has 72 heavy (non-hydrogen) atoms. The van der Waals surface area contributed by atoms with Crippen molar-refractivity contribution in [2.24, 2.45) is 0 Å². The maximum absolute atomic E-state index is 12.0. The largest absolute Gasteiger partial charge is 0.309 e. The summed E-state index contributed by atoms with van der Waals surface area (Å²) in [5.74, 6) is 0. The molecule has 0 bridgehead atoms. The molecule has 0 aliphatic carbocycles. The Morgan fingerprint density at radius 3 is 1.24 bits per heavy atom. The lowest BCUT2D eigenvalue weighted by molar-refractivity contribution is 1.12. The fourth-order valence-electron chi connectivity index (χ4n) is 11.9. The maximum Gasteiger partial charge on any atom is 0.104 e. The molecule has 5 nitrogen and oxygen atoms in total. The molecule has 0 amide bonds. The zero-order valence-electron chi connectivity index (χ0n) is 38.9. The molecule has 0 unspecified atom stereocenters.